The van der Waals surface area contributed by atoms with E-state index in [1.165, 1.54) is 17.5 Å². The molecule has 23 heavy (non-hydrogen) atoms. The SMILES string of the molecule is Cc1ccccc1Cc1nnc(CN2CCCC2CC(C)O)o1. The molecule has 1 aliphatic rings. The summed E-state index contributed by atoms with van der Waals surface area (Å²) in [6.07, 6.45) is 3.53. The average molecular weight is 315 g/mol. The molecule has 3 rings (SSSR count). The highest BCUT2D eigenvalue weighted by Gasteiger charge is 2.27. The second kappa shape index (κ2) is 7.23. The Morgan fingerprint density at radius 3 is 2.87 bits per heavy atom. The van der Waals surface area contributed by atoms with Gasteiger partial charge in [-0.15, -0.1) is 10.2 Å². The van der Waals surface area contributed by atoms with Crippen LogP contribution < -0.4 is 0 Å². The van der Waals surface area contributed by atoms with Crippen LogP contribution in [0.2, 0.25) is 0 Å². The summed E-state index contributed by atoms with van der Waals surface area (Å²) >= 11 is 0. The van der Waals surface area contributed by atoms with E-state index in [4.69, 9.17) is 4.42 Å². The Hall–Kier alpha value is -1.72. The third-order valence-corrected chi connectivity index (χ3v) is 4.56. The molecule has 1 saturated heterocycles. The minimum atomic E-state index is -0.264. The van der Waals surface area contributed by atoms with Crippen molar-refractivity contribution in [2.75, 3.05) is 6.54 Å². The van der Waals surface area contributed by atoms with Gasteiger partial charge in [0.2, 0.25) is 11.8 Å². The zero-order valence-electron chi connectivity index (χ0n) is 13.9. The maximum atomic E-state index is 9.61. The van der Waals surface area contributed by atoms with E-state index in [1.807, 2.05) is 19.1 Å². The topological polar surface area (TPSA) is 62.4 Å². The second-order valence-electron chi connectivity index (χ2n) is 6.54. The molecular formula is C18H25N3O2. The first-order valence-electron chi connectivity index (χ1n) is 8.39. The van der Waals surface area contributed by atoms with E-state index in [1.54, 1.807) is 0 Å². The Morgan fingerprint density at radius 2 is 2.09 bits per heavy atom. The summed E-state index contributed by atoms with van der Waals surface area (Å²) in [5.74, 6) is 1.34. The molecule has 1 aromatic carbocycles. The first-order valence-corrected chi connectivity index (χ1v) is 8.39. The third-order valence-electron chi connectivity index (χ3n) is 4.56. The lowest BCUT2D eigenvalue weighted by atomic mass is 10.1. The molecule has 1 aliphatic heterocycles. The van der Waals surface area contributed by atoms with Crippen molar-refractivity contribution < 1.29 is 9.52 Å². The summed E-state index contributed by atoms with van der Waals surface area (Å²) in [7, 11) is 0. The number of hydrogen-bond donors (Lipinski definition) is 1. The Bertz CT molecular complexity index is 639. The molecule has 2 heterocycles. The minimum Gasteiger partial charge on any atom is -0.424 e. The predicted octanol–water partition coefficient (Wildman–Crippen LogP) is 2.70. The van der Waals surface area contributed by atoms with E-state index in [2.05, 4.69) is 34.2 Å². The normalized spacial score (nSPS) is 20.0. The highest BCUT2D eigenvalue weighted by Crippen LogP contribution is 2.23. The van der Waals surface area contributed by atoms with Gasteiger partial charge in [-0.25, -0.2) is 0 Å². The van der Waals surface area contributed by atoms with Crippen LogP contribution in [0.25, 0.3) is 0 Å². The fourth-order valence-electron chi connectivity index (χ4n) is 3.33. The molecule has 1 N–H and O–H groups in total. The molecule has 0 amide bonds. The van der Waals surface area contributed by atoms with E-state index in [0.29, 0.717) is 30.8 Å². The van der Waals surface area contributed by atoms with Gasteiger partial charge in [0, 0.05) is 6.04 Å². The van der Waals surface area contributed by atoms with Gasteiger partial charge in [-0.2, -0.15) is 0 Å². The van der Waals surface area contributed by atoms with Crippen LogP contribution in [-0.4, -0.2) is 38.9 Å². The summed E-state index contributed by atoms with van der Waals surface area (Å²) in [5, 5.41) is 18.0. The van der Waals surface area contributed by atoms with Gasteiger partial charge in [0.05, 0.1) is 19.1 Å². The third kappa shape index (κ3) is 4.18. The number of hydrogen-bond acceptors (Lipinski definition) is 5. The van der Waals surface area contributed by atoms with Crippen LogP contribution in [0.5, 0.6) is 0 Å². The lowest BCUT2D eigenvalue weighted by Crippen LogP contribution is -2.31. The Balaban J connectivity index is 1.62. The van der Waals surface area contributed by atoms with Crippen molar-refractivity contribution in [2.24, 2.45) is 0 Å². The van der Waals surface area contributed by atoms with Crippen LogP contribution in [0.3, 0.4) is 0 Å². The molecule has 2 unspecified atom stereocenters. The number of benzene rings is 1. The summed E-state index contributed by atoms with van der Waals surface area (Å²) in [4.78, 5) is 2.35. The predicted molar refractivity (Wildman–Crippen MR) is 88.0 cm³/mol. The van der Waals surface area contributed by atoms with Gasteiger partial charge in [0.15, 0.2) is 0 Å². The van der Waals surface area contributed by atoms with E-state index in [-0.39, 0.29) is 6.10 Å². The van der Waals surface area contributed by atoms with Crippen molar-refractivity contribution in [3.8, 4) is 0 Å². The molecule has 0 saturated carbocycles. The largest absolute Gasteiger partial charge is 0.424 e. The molecule has 1 aromatic heterocycles. The van der Waals surface area contributed by atoms with E-state index >= 15 is 0 Å². The van der Waals surface area contributed by atoms with Gasteiger partial charge < -0.3 is 9.52 Å². The van der Waals surface area contributed by atoms with E-state index < -0.39 is 0 Å². The Morgan fingerprint density at radius 1 is 1.30 bits per heavy atom. The maximum absolute atomic E-state index is 9.61. The first kappa shape index (κ1) is 16.1. The molecule has 2 atom stereocenters. The fourth-order valence-corrected chi connectivity index (χ4v) is 3.33. The van der Waals surface area contributed by atoms with Crippen molar-refractivity contribution in [2.45, 2.75) is 58.2 Å². The van der Waals surface area contributed by atoms with Crippen LogP contribution >= 0.6 is 0 Å². The maximum Gasteiger partial charge on any atom is 0.230 e. The van der Waals surface area contributed by atoms with Crippen LogP contribution in [0, 0.1) is 6.92 Å². The molecular weight excluding hydrogens is 290 g/mol. The van der Waals surface area contributed by atoms with Crippen LogP contribution in [0.15, 0.2) is 28.7 Å². The molecule has 5 heteroatoms. The molecule has 0 bridgehead atoms. The first-order chi connectivity index (χ1) is 11.1. The van der Waals surface area contributed by atoms with Crippen molar-refractivity contribution in [1.82, 2.24) is 15.1 Å². The van der Waals surface area contributed by atoms with Crippen LogP contribution in [-0.2, 0) is 13.0 Å². The molecule has 0 aliphatic carbocycles. The average Bonchev–Trinajstić information content (AvgIpc) is 3.12. The van der Waals surface area contributed by atoms with Crippen molar-refractivity contribution in [3.63, 3.8) is 0 Å². The summed E-state index contributed by atoms with van der Waals surface area (Å²) in [5.41, 5.74) is 2.46. The zero-order valence-corrected chi connectivity index (χ0v) is 13.9. The Labute approximate surface area is 137 Å². The highest BCUT2D eigenvalue weighted by molar-refractivity contribution is 5.27. The van der Waals surface area contributed by atoms with Crippen molar-refractivity contribution in [1.29, 1.82) is 0 Å². The number of aliphatic hydroxyl groups is 1. The number of aryl methyl sites for hydroxylation is 1. The van der Waals surface area contributed by atoms with Gasteiger partial charge in [-0.05, 0) is 50.8 Å². The molecule has 124 valence electrons. The zero-order chi connectivity index (χ0) is 16.2. The number of aliphatic hydroxyl groups excluding tert-OH is 1. The van der Waals surface area contributed by atoms with Gasteiger partial charge in [0.1, 0.15) is 0 Å². The lowest BCUT2D eigenvalue weighted by Gasteiger charge is -2.23. The van der Waals surface area contributed by atoms with E-state index in [9.17, 15) is 5.11 Å². The summed E-state index contributed by atoms with van der Waals surface area (Å²) in [6, 6.07) is 8.68. The molecule has 5 nitrogen and oxygen atoms in total. The van der Waals surface area contributed by atoms with Gasteiger partial charge >= 0.3 is 0 Å². The monoisotopic (exact) mass is 315 g/mol. The molecule has 0 radical (unpaired) electrons. The number of aromatic nitrogens is 2. The quantitative estimate of drug-likeness (QED) is 0.888. The number of rotatable bonds is 6. The smallest absolute Gasteiger partial charge is 0.230 e. The summed E-state index contributed by atoms with van der Waals surface area (Å²) in [6.45, 7) is 5.66. The number of nitrogens with zero attached hydrogens (tertiary/aromatic N) is 3. The van der Waals surface area contributed by atoms with Crippen LogP contribution in [0.4, 0.5) is 0 Å². The molecule has 2 aromatic rings. The van der Waals surface area contributed by atoms with E-state index in [0.717, 1.165) is 19.4 Å². The van der Waals surface area contributed by atoms with Crippen LogP contribution in [0.1, 0.15) is 49.1 Å². The molecule has 0 spiro atoms. The highest BCUT2D eigenvalue weighted by atomic mass is 16.4. The van der Waals surface area contributed by atoms with Crippen molar-refractivity contribution in [3.05, 3.63) is 47.2 Å². The standard InChI is InChI=1S/C18H25N3O2/c1-13-6-3-4-7-15(13)11-17-19-20-18(23-17)12-21-9-5-8-16(21)10-14(2)22/h3-4,6-7,14,16,22H,5,8-12H2,1-2H3. The second-order valence-corrected chi connectivity index (χ2v) is 6.54. The van der Waals surface area contributed by atoms with Gasteiger partial charge in [-0.3, -0.25) is 4.90 Å². The van der Waals surface area contributed by atoms with Gasteiger partial charge in [-0.1, -0.05) is 24.3 Å². The Kier molecular flexibility index (Phi) is 5.08. The summed E-state index contributed by atoms with van der Waals surface area (Å²) < 4.78 is 5.83. The lowest BCUT2D eigenvalue weighted by molar-refractivity contribution is 0.125. The van der Waals surface area contributed by atoms with Crippen molar-refractivity contribution >= 4 is 0 Å². The number of likely N-dealkylation sites (tertiary alicyclic amines) is 1. The minimum absolute atomic E-state index is 0.264. The van der Waals surface area contributed by atoms with Gasteiger partial charge in [0.25, 0.3) is 0 Å². The molecule has 1 fully saturated rings. The fraction of sp³-hybridized carbons (Fsp3) is 0.556.